The molecular formula is C14H11N4O3S+. The van der Waals surface area contributed by atoms with Crippen LogP contribution >= 0.6 is 0 Å². The first kappa shape index (κ1) is 13.1. The highest BCUT2D eigenvalue weighted by Gasteiger charge is 2.62. The number of amidine groups is 1. The van der Waals surface area contributed by atoms with Crippen LogP contribution < -0.4 is 14.3 Å². The van der Waals surface area contributed by atoms with Crippen molar-refractivity contribution in [3.05, 3.63) is 54.1 Å². The molecular weight excluding hydrogens is 304 g/mol. The van der Waals surface area contributed by atoms with Crippen molar-refractivity contribution >= 4 is 39.1 Å². The highest BCUT2D eigenvalue weighted by atomic mass is 32.2. The number of rotatable bonds is 1. The molecule has 110 valence electrons. The second-order valence-corrected chi connectivity index (χ2v) is 6.60. The van der Waals surface area contributed by atoms with Crippen molar-refractivity contribution in [2.45, 2.75) is 0 Å². The van der Waals surface area contributed by atoms with Crippen molar-refractivity contribution in [1.29, 1.82) is 0 Å². The number of hydrogen-bond donors (Lipinski definition) is 2. The van der Waals surface area contributed by atoms with Crippen LogP contribution in [0.4, 0.5) is 21.9 Å². The van der Waals surface area contributed by atoms with Crippen LogP contribution in [0.2, 0.25) is 0 Å². The average molecular weight is 315 g/mol. The zero-order valence-electron chi connectivity index (χ0n) is 11.2. The molecule has 2 aliphatic rings. The minimum atomic E-state index is -4.33. The molecule has 0 radical (unpaired) electrons. The van der Waals surface area contributed by atoms with E-state index < -0.39 is 20.1 Å². The lowest BCUT2D eigenvalue weighted by Gasteiger charge is -2.32. The smallest absolute Gasteiger partial charge is 0.273 e. The molecule has 1 atom stereocenters. The van der Waals surface area contributed by atoms with Gasteiger partial charge in [0.1, 0.15) is 5.69 Å². The molecule has 2 aromatic carbocycles. The minimum absolute atomic E-state index is 0.100. The summed E-state index contributed by atoms with van der Waals surface area (Å²) >= 11 is 0. The molecule has 0 saturated carbocycles. The highest BCUT2D eigenvalue weighted by Crippen LogP contribution is 2.47. The molecule has 8 heteroatoms. The van der Waals surface area contributed by atoms with Crippen molar-refractivity contribution in [2.24, 2.45) is 10.1 Å². The van der Waals surface area contributed by atoms with Gasteiger partial charge in [-0.3, -0.25) is 5.32 Å². The predicted molar refractivity (Wildman–Crippen MR) is 83.0 cm³/mol. The number of carbonyl (C=O) groups is 1. The van der Waals surface area contributed by atoms with Crippen LogP contribution in [0, 0.1) is 0 Å². The number of urea groups is 1. The minimum Gasteiger partial charge on any atom is -0.273 e. The molecule has 1 unspecified atom stereocenters. The van der Waals surface area contributed by atoms with Crippen molar-refractivity contribution in [1.82, 2.24) is 3.89 Å². The van der Waals surface area contributed by atoms with Gasteiger partial charge < -0.3 is 0 Å². The summed E-state index contributed by atoms with van der Waals surface area (Å²) < 4.78 is 23.6. The predicted octanol–water partition coefficient (Wildman–Crippen LogP) is 1.83. The molecule has 2 aliphatic heterocycles. The number of anilines is 1. The van der Waals surface area contributed by atoms with Gasteiger partial charge in [-0.25, -0.2) is 4.79 Å². The van der Waals surface area contributed by atoms with Crippen molar-refractivity contribution < 1.29 is 13.2 Å². The quantitative estimate of drug-likeness (QED) is 0.785. The van der Waals surface area contributed by atoms with Crippen LogP contribution in [0.1, 0.15) is 5.56 Å². The maximum absolute atomic E-state index is 12.7. The Balaban J connectivity index is 2.17. The second-order valence-electron chi connectivity index (χ2n) is 5.02. The zero-order chi connectivity index (χ0) is 15.5. The Morgan fingerprint density at radius 1 is 1.05 bits per heavy atom. The molecule has 0 aromatic heterocycles. The first-order valence-electron chi connectivity index (χ1n) is 6.48. The fourth-order valence-corrected chi connectivity index (χ4v) is 4.00. The lowest BCUT2D eigenvalue weighted by Crippen LogP contribution is -2.67. The Kier molecular flexibility index (Phi) is 2.39. The van der Waals surface area contributed by atoms with Crippen LogP contribution in [0.25, 0.3) is 0 Å². The number of nitrogens with one attached hydrogen (secondary N) is 1. The number of nitrogens with zero attached hydrogens (tertiary/aromatic N) is 2. The first-order chi connectivity index (χ1) is 10.5. The molecule has 0 spiro atoms. The van der Waals surface area contributed by atoms with Crippen LogP contribution in [0.5, 0.6) is 0 Å². The molecule has 4 rings (SSSR count). The van der Waals surface area contributed by atoms with Gasteiger partial charge >= 0.3 is 16.2 Å². The highest BCUT2D eigenvalue weighted by molar-refractivity contribution is 7.90. The van der Waals surface area contributed by atoms with E-state index in [4.69, 9.17) is 5.14 Å². The van der Waals surface area contributed by atoms with Gasteiger partial charge in [-0.05, 0) is 22.1 Å². The number of hydrogen-bond acceptors (Lipinski definition) is 4. The number of quaternary nitrogens is 1. The van der Waals surface area contributed by atoms with Gasteiger partial charge in [-0.1, -0.05) is 24.3 Å². The molecule has 2 heterocycles. The Hall–Kier alpha value is -2.55. The number of benzene rings is 2. The number of para-hydroxylation sites is 3. The van der Waals surface area contributed by atoms with Crippen molar-refractivity contribution in [3.8, 4) is 0 Å². The molecule has 7 nitrogen and oxygen atoms in total. The van der Waals surface area contributed by atoms with E-state index in [1.807, 2.05) is 0 Å². The third kappa shape index (κ3) is 1.38. The molecule has 22 heavy (non-hydrogen) atoms. The van der Waals surface area contributed by atoms with Gasteiger partial charge in [0.05, 0.1) is 11.3 Å². The number of carbonyl (C=O) groups excluding carboxylic acids is 1. The summed E-state index contributed by atoms with van der Waals surface area (Å²) in [6.07, 6.45) is 0. The standard InChI is InChI=1S/C14H10N4O3S/c15-22(20,21)18-12-8-4-3-7-11(12)16-13(18)9-5-1-2-6-10(9)17-14(18)19/h1-8H,(H2-,15,16,17,19,20,21)/p+1. The molecule has 0 aliphatic carbocycles. The van der Waals surface area contributed by atoms with Gasteiger partial charge in [0.25, 0.3) is 5.84 Å². The van der Waals surface area contributed by atoms with Crippen LogP contribution in [0.15, 0.2) is 53.5 Å². The summed E-state index contributed by atoms with van der Waals surface area (Å²) in [5.41, 5.74) is 1.69. The van der Waals surface area contributed by atoms with Gasteiger partial charge in [-0.15, -0.1) is 0 Å². The van der Waals surface area contributed by atoms with Gasteiger partial charge in [-0.2, -0.15) is 18.5 Å². The molecule has 2 aromatic rings. The number of nitrogens with two attached hydrogens (primary N) is 1. The number of amides is 2. The molecule has 3 N–H and O–H groups in total. The summed E-state index contributed by atoms with van der Waals surface area (Å²) in [5, 5.41) is 8.06. The lowest BCUT2D eigenvalue weighted by atomic mass is 10.1. The number of fused-ring (bicyclic) bond motifs is 5. The fraction of sp³-hybridized carbons (Fsp3) is 0. The van der Waals surface area contributed by atoms with E-state index in [2.05, 4.69) is 10.3 Å². The summed E-state index contributed by atoms with van der Waals surface area (Å²) in [4.78, 5) is 17.1. The van der Waals surface area contributed by atoms with Crippen molar-refractivity contribution in [3.63, 3.8) is 0 Å². The van der Waals surface area contributed by atoms with Gasteiger partial charge in [0.15, 0.2) is 5.69 Å². The SMILES string of the molecule is NS(=O)(=O)[N+]12C(=O)Nc3ccccc3C1=Nc1ccccc12. The van der Waals surface area contributed by atoms with E-state index in [0.29, 0.717) is 16.9 Å². The second kappa shape index (κ2) is 4.01. The lowest BCUT2D eigenvalue weighted by molar-refractivity contribution is 0.246. The fourth-order valence-electron chi connectivity index (χ4n) is 2.91. The maximum Gasteiger partial charge on any atom is 0.449 e. The van der Waals surface area contributed by atoms with Crippen molar-refractivity contribution in [2.75, 3.05) is 5.32 Å². The first-order valence-corrected chi connectivity index (χ1v) is 7.98. The Morgan fingerprint density at radius 3 is 2.50 bits per heavy atom. The summed E-state index contributed by atoms with van der Waals surface area (Å²) in [6, 6.07) is 12.7. The normalized spacial score (nSPS) is 22.2. The van der Waals surface area contributed by atoms with E-state index in [1.165, 1.54) is 0 Å². The Bertz CT molecular complexity index is 968. The average Bonchev–Trinajstić information content (AvgIpc) is 2.84. The third-order valence-corrected chi connectivity index (χ3v) is 5.12. The third-order valence-electron chi connectivity index (χ3n) is 3.82. The van der Waals surface area contributed by atoms with E-state index in [9.17, 15) is 13.2 Å². The van der Waals surface area contributed by atoms with E-state index in [-0.39, 0.29) is 11.5 Å². The van der Waals surface area contributed by atoms with Gasteiger partial charge in [0, 0.05) is 6.07 Å². The maximum atomic E-state index is 12.7. The van der Waals surface area contributed by atoms with Crippen LogP contribution in [-0.2, 0) is 10.2 Å². The Morgan fingerprint density at radius 2 is 1.73 bits per heavy atom. The topological polar surface area (TPSA) is 102 Å². The molecule has 0 bridgehead atoms. The monoisotopic (exact) mass is 315 g/mol. The van der Waals surface area contributed by atoms with E-state index in [1.54, 1.807) is 48.5 Å². The molecule has 0 saturated heterocycles. The largest absolute Gasteiger partial charge is 0.449 e. The van der Waals surface area contributed by atoms with E-state index in [0.717, 1.165) is 0 Å². The molecule has 2 amide bonds. The summed E-state index contributed by atoms with van der Waals surface area (Å²) in [7, 11) is -4.33. The zero-order valence-corrected chi connectivity index (χ0v) is 12.0. The van der Waals surface area contributed by atoms with Crippen LogP contribution in [-0.4, -0.2) is 20.3 Å². The molecule has 0 fully saturated rings. The Labute approximate surface area is 126 Å². The summed E-state index contributed by atoms with van der Waals surface area (Å²) in [6.45, 7) is 0. The van der Waals surface area contributed by atoms with E-state index >= 15 is 0 Å². The summed E-state index contributed by atoms with van der Waals surface area (Å²) in [5.74, 6) is 0.100. The van der Waals surface area contributed by atoms with Crippen LogP contribution in [0.3, 0.4) is 0 Å². The number of aliphatic imine (C=N–C) groups is 1. The van der Waals surface area contributed by atoms with Gasteiger partial charge in [0.2, 0.25) is 0 Å².